The first kappa shape index (κ1) is 13.3. The Morgan fingerprint density at radius 1 is 1.45 bits per heavy atom. The Bertz CT molecular complexity index is 594. The second-order valence-corrected chi connectivity index (χ2v) is 5.33. The molecule has 0 spiro atoms. The zero-order valence-electron chi connectivity index (χ0n) is 11.0. The van der Waals surface area contributed by atoms with E-state index in [4.69, 9.17) is 22.1 Å². The minimum Gasteiger partial charge on any atom is -0.398 e. The van der Waals surface area contributed by atoms with Crippen LogP contribution in [-0.2, 0) is 11.3 Å². The Morgan fingerprint density at radius 2 is 2.35 bits per heavy atom. The van der Waals surface area contributed by atoms with E-state index in [1.807, 2.05) is 12.1 Å². The van der Waals surface area contributed by atoms with Gasteiger partial charge in [0.2, 0.25) is 0 Å². The third kappa shape index (κ3) is 2.62. The average Bonchev–Trinajstić information content (AvgIpc) is 3.10. The molecule has 20 heavy (non-hydrogen) atoms. The van der Waals surface area contributed by atoms with Gasteiger partial charge in [-0.2, -0.15) is 0 Å². The van der Waals surface area contributed by atoms with Gasteiger partial charge in [0.05, 0.1) is 10.7 Å². The van der Waals surface area contributed by atoms with Gasteiger partial charge in [-0.1, -0.05) is 17.7 Å². The molecule has 2 heterocycles. The van der Waals surface area contributed by atoms with Gasteiger partial charge in [0.25, 0.3) is 0 Å². The van der Waals surface area contributed by atoms with Crippen molar-refractivity contribution in [3.63, 3.8) is 0 Å². The first-order valence-corrected chi connectivity index (χ1v) is 7.02. The fourth-order valence-corrected chi connectivity index (χ4v) is 2.60. The summed E-state index contributed by atoms with van der Waals surface area (Å²) in [5, 5.41) is 12.3. The van der Waals surface area contributed by atoms with Crippen LogP contribution in [-0.4, -0.2) is 33.4 Å². The molecule has 2 N–H and O–H groups in total. The van der Waals surface area contributed by atoms with E-state index in [2.05, 4.69) is 15.5 Å². The van der Waals surface area contributed by atoms with E-state index >= 15 is 0 Å². The second kappa shape index (κ2) is 5.76. The SMILES string of the molecule is Nc1cccc(-c2nnnn2CCC2CCOC2)c1Cl. The molecular weight excluding hydrogens is 278 g/mol. The van der Waals surface area contributed by atoms with Gasteiger partial charge in [-0.3, -0.25) is 0 Å². The number of hydrogen-bond acceptors (Lipinski definition) is 5. The van der Waals surface area contributed by atoms with Crippen molar-refractivity contribution in [1.82, 2.24) is 20.2 Å². The molecule has 1 aromatic carbocycles. The summed E-state index contributed by atoms with van der Waals surface area (Å²) in [6, 6.07) is 5.48. The topological polar surface area (TPSA) is 78.9 Å². The number of hydrogen-bond donors (Lipinski definition) is 1. The van der Waals surface area contributed by atoms with E-state index in [0.29, 0.717) is 22.5 Å². The van der Waals surface area contributed by atoms with Crippen molar-refractivity contribution in [3.05, 3.63) is 23.2 Å². The fourth-order valence-electron chi connectivity index (χ4n) is 2.39. The molecule has 1 unspecified atom stereocenters. The van der Waals surface area contributed by atoms with Crippen LogP contribution in [0.15, 0.2) is 18.2 Å². The van der Waals surface area contributed by atoms with E-state index in [0.717, 1.165) is 38.2 Å². The third-order valence-electron chi connectivity index (χ3n) is 3.57. The number of benzene rings is 1. The van der Waals surface area contributed by atoms with E-state index in [-0.39, 0.29) is 0 Å². The molecule has 6 nitrogen and oxygen atoms in total. The molecule has 0 radical (unpaired) electrons. The van der Waals surface area contributed by atoms with E-state index in [1.165, 1.54) is 0 Å². The summed E-state index contributed by atoms with van der Waals surface area (Å²) >= 11 is 6.23. The molecule has 1 saturated heterocycles. The van der Waals surface area contributed by atoms with Crippen molar-refractivity contribution < 1.29 is 4.74 Å². The molecule has 0 amide bonds. The summed E-state index contributed by atoms with van der Waals surface area (Å²) in [6.07, 6.45) is 2.11. The number of ether oxygens (including phenoxy) is 1. The summed E-state index contributed by atoms with van der Waals surface area (Å²) in [5.41, 5.74) is 7.12. The Kier molecular flexibility index (Phi) is 3.84. The Balaban J connectivity index is 1.80. The average molecular weight is 294 g/mol. The molecule has 1 aromatic heterocycles. The van der Waals surface area contributed by atoms with Gasteiger partial charge >= 0.3 is 0 Å². The highest BCUT2D eigenvalue weighted by Gasteiger charge is 2.18. The largest absolute Gasteiger partial charge is 0.398 e. The van der Waals surface area contributed by atoms with Crippen molar-refractivity contribution >= 4 is 17.3 Å². The van der Waals surface area contributed by atoms with Crippen molar-refractivity contribution in [2.24, 2.45) is 5.92 Å². The number of nitrogens with zero attached hydrogens (tertiary/aromatic N) is 4. The summed E-state index contributed by atoms with van der Waals surface area (Å²) in [7, 11) is 0. The molecule has 1 atom stereocenters. The zero-order valence-corrected chi connectivity index (χ0v) is 11.8. The van der Waals surface area contributed by atoms with Crippen LogP contribution in [0.4, 0.5) is 5.69 Å². The highest BCUT2D eigenvalue weighted by atomic mass is 35.5. The number of rotatable bonds is 4. The highest BCUT2D eigenvalue weighted by Crippen LogP contribution is 2.30. The van der Waals surface area contributed by atoms with Crippen molar-refractivity contribution in [2.75, 3.05) is 18.9 Å². The third-order valence-corrected chi connectivity index (χ3v) is 4.00. The van der Waals surface area contributed by atoms with Crippen molar-refractivity contribution in [1.29, 1.82) is 0 Å². The van der Waals surface area contributed by atoms with Crippen LogP contribution in [0.3, 0.4) is 0 Å². The molecule has 2 aromatic rings. The molecule has 0 saturated carbocycles. The maximum atomic E-state index is 6.23. The quantitative estimate of drug-likeness (QED) is 0.872. The van der Waals surface area contributed by atoms with Crippen LogP contribution in [0.1, 0.15) is 12.8 Å². The lowest BCUT2D eigenvalue weighted by Gasteiger charge is -2.10. The number of tetrazole rings is 1. The Labute approximate surface area is 121 Å². The maximum absolute atomic E-state index is 6.23. The number of aromatic nitrogens is 4. The summed E-state index contributed by atoms with van der Waals surface area (Å²) in [5.74, 6) is 1.24. The molecule has 3 rings (SSSR count). The number of aryl methyl sites for hydroxylation is 1. The fraction of sp³-hybridized carbons (Fsp3) is 0.462. The lowest BCUT2D eigenvalue weighted by Crippen LogP contribution is -2.09. The van der Waals surface area contributed by atoms with Gasteiger partial charge < -0.3 is 10.5 Å². The van der Waals surface area contributed by atoms with E-state index in [1.54, 1.807) is 10.7 Å². The normalized spacial score (nSPS) is 18.6. The Hall–Kier alpha value is -1.66. The monoisotopic (exact) mass is 293 g/mol. The van der Waals surface area contributed by atoms with Crippen molar-refractivity contribution in [2.45, 2.75) is 19.4 Å². The van der Waals surface area contributed by atoms with Crippen LogP contribution in [0, 0.1) is 5.92 Å². The van der Waals surface area contributed by atoms with E-state index < -0.39 is 0 Å². The van der Waals surface area contributed by atoms with E-state index in [9.17, 15) is 0 Å². The molecule has 106 valence electrons. The van der Waals surface area contributed by atoms with Crippen LogP contribution in [0.25, 0.3) is 11.4 Å². The van der Waals surface area contributed by atoms with Crippen LogP contribution < -0.4 is 5.73 Å². The van der Waals surface area contributed by atoms with Crippen molar-refractivity contribution in [3.8, 4) is 11.4 Å². The van der Waals surface area contributed by atoms with Crippen LogP contribution in [0.2, 0.25) is 5.02 Å². The van der Waals surface area contributed by atoms with Gasteiger partial charge in [0.15, 0.2) is 5.82 Å². The predicted molar refractivity (Wildman–Crippen MR) is 76.2 cm³/mol. The predicted octanol–water partition coefficient (Wildman–Crippen LogP) is 2.00. The molecule has 1 aliphatic rings. The number of halogens is 1. The smallest absolute Gasteiger partial charge is 0.183 e. The lowest BCUT2D eigenvalue weighted by molar-refractivity contribution is 0.183. The minimum absolute atomic E-state index is 0.493. The number of nitrogens with two attached hydrogens (primary N) is 1. The van der Waals surface area contributed by atoms with Crippen LogP contribution >= 0.6 is 11.6 Å². The number of anilines is 1. The minimum atomic E-state index is 0.493. The summed E-state index contributed by atoms with van der Waals surface area (Å²) in [4.78, 5) is 0. The summed E-state index contributed by atoms with van der Waals surface area (Å²) < 4.78 is 7.15. The molecule has 7 heteroatoms. The van der Waals surface area contributed by atoms with Gasteiger partial charge in [0.1, 0.15) is 0 Å². The first-order chi connectivity index (χ1) is 9.75. The molecule has 0 aliphatic carbocycles. The highest BCUT2D eigenvalue weighted by molar-refractivity contribution is 6.35. The molecule has 0 bridgehead atoms. The Morgan fingerprint density at radius 3 is 3.15 bits per heavy atom. The molecule has 1 fully saturated rings. The van der Waals surface area contributed by atoms with Gasteiger partial charge in [-0.05, 0) is 41.3 Å². The number of nitrogen functional groups attached to an aromatic ring is 1. The molecular formula is C13H16ClN5O. The van der Waals surface area contributed by atoms with Gasteiger partial charge in [0, 0.05) is 25.3 Å². The van der Waals surface area contributed by atoms with Crippen LogP contribution in [0.5, 0.6) is 0 Å². The standard InChI is InChI=1S/C13H16ClN5O/c14-12-10(2-1-3-11(12)15)13-16-17-18-19(13)6-4-9-5-7-20-8-9/h1-3,9H,4-8,15H2. The molecule has 1 aliphatic heterocycles. The second-order valence-electron chi connectivity index (χ2n) is 4.95. The zero-order chi connectivity index (χ0) is 13.9. The maximum Gasteiger partial charge on any atom is 0.183 e. The van der Waals surface area contributed by atoms with Gasteiger partial charge in [-0.25, -0.2) is 4.68 Å². The lowest BCUT2D eigenvalue weighted by atomic mass is 10.1. The van der Waals surface area contributed by atoms with Gasteiger partial charge in [-0.15, -0.1) is 5.10 Å². The first-order valence-electron chi connectivity index (χ1n) is 6.64. The summed E-state index contributed by atoms with van der Waals surface area (Å²) in [6.45, 7) is 2.44.